The molecule has 0 aliphatic heterocycles. The zero-order chi connectivity index (χ0) is 21.6. The molecule has 0 saturated carbocycles. The predicted octanol–water partition coefficient (Wildman–Crippen LogP) is 1.64. The van der Waals surface area contributed by atoms with E-state index in [1.165, 1.54) is 0 Å². The quantitative estimate of drug-likeness (QED) is 0.178. The van der Waals surface area contributed by atoms with Gasteiger partial charge in [-0.1, -0.05) is 41.5 Å². The third kappa shape index (κ3) is 6.73. The van der Waals surface area contributed by atoms with Gasteiger partial charge in [0.15, 0.2) is 9.84 Å². The minimum absolute atomic E-state index is 0.0108. The average molecular weight is 408 g/mol. The summed E-state index contributed by atoms with van der Waals surface area (Å²) in [5.41, 5.74) is 3.66. The molecule has 0 saturated heterocycles. The summed E-state index contributed by atoms with van der Waals surface area (Å²) in [5, 5.41) is 9.38. The Morgan fingerprint density at radius 3 is 1.67 bits per heavy atom. The van der Waals surface area contributed by atoms with Crippen LogP contribution in [0.3, 0.4) is 0 Å². The zero-order valence-corrected chi connectivity index (χ0v) is 18.4. The predicted molar refractivity (Wildman–Crippen MR) is 105 cm³/mol. The molecule has 9 heteroatoms. The zero-order valence-electron chi connectivity index (χ0n) is 17.6. The highest BCUT2D eigenvalue weighted by molar-refractivity contribution is 7.92. The summed E-state index contributed by atoms with van der Waals surface area (Å²) in [7, 11) is -3.79. The molecule has 0 rings (SSSR count). The van der Waals surface area contributed by atoms with Crippen LogP contribution in [0.1, 0.15) is 60.8 Å². The van der Waals surface area contributed by atoms with Gasteiger partial charge in [0, 0.05) is 6.26 Å². The number of hydroxylamine groups is 1. The number of carbonyl (C=O) groups excluding carboxylic acids is 2. The van der Waals surface area contributed by atoms with Crippen LogP contribution in [-0.4, -0.2) is 36.4 Å². The van der Waals surface area contributed by atoms with Crippen LogP contribution < -0.4 is 16.7 Å². The third-order valence-corrected chi connectivity index (χ3v) is 6.88. The van der Waals surface area contributed by atoms with Crippen molar-refractivity contribution in [2.24, 2.45) is 35.4 Å². The van der Waals surface area contributed by atoms with Crippen molar-refractivity contribution in [3.63, 3.8) is 0 Å². The van der Waals surface area contributed by atoms with Crippen molar-refractivity contribution < 1.29 is 23.2 Å². The Labute approximate surface area is 163 Å². The van der Waals surface area contributed by atoms with Crippen molar-refractivity contribution in [2.75, 3.05) is 6.26 Å². The van der Waals surface area contributed by atoms with Crippen molar-refractivity contribution in [1.29, 1.82) is 0 Å². The molecule has 5 N–H and O–H groups in total. The number of hydrogen-bond acceptors (Lipinski definition) is 6. The lowest BCUT2D eigenvalue weighted by Gasteiger charge is -2.43. The normalized spacial score (nSPS) is 15.1. The second-order valence-corrected chi connectivity index (χ2v) is 11.1. The summed E-state index contributed by atoms with van der Waals surface area (Å²) < 4.78 is 24.6. The summed E-state index contributed by atoms with van der Waals surface area (Å²) in [6, 6.07) is 0. The molecule has 2 amide bonds. The Balaban J connectivity index is 6.84. The van der Waals surface area contributed by atoms with E-state index in [1.54, 1.807) is 5.48 Å². The molecule has 0 fully saturated rings. The van der Waals surface area contributed by atoms with Gasteiger partial charge in [-0.2, -0.15) is 0 Å². The van der Waals surface area contributed by atoms with Crippen molar-refractivity contribution in [3.8, 4) is 0 Å². The Hall–Kier alpha value is -1.19. The summed E-state index contributed by atoms with van der Waals surface area (Å²) in [4.78, 5) is 25.3. The molecule has 0 aromatic carbocycles. The van der Waals surface area contributed by atoms with E-state index in [9.17, 15) is 23.2 Å². The first-order valence-corrected chi connectivity index (χ1v) is 11.3. The standard InChI is InChI=1S/C18H37N3O5S/c1-11(2)8-14(16(22)20-19)15(17(23)21-24)18(9-12(3)4,10-13(5)6)27(7,25)26/h11-15,24H,8-10,19H2,1-7H3,(H,20,22)(H,21,23)/t14-,15+/m1/s1. The van der Waals surface area contributed by atoms with Gasteiger partial charge in [-0.25, -0.2) is 19.7 Å². The Morgan fingerprint density at radius 2 is 1.41 bits per heavy atom. The van der Waals surface area contributed by atoms with Crippen LogP contribution in [-0.2, 0) is 19.4 Å². The number of nitrogens with two attached hydrogens (primary N) is 1. The van der Waals surface area contributed by atoms with E-state index in [0.717, 1.165) is 6.26 Å². The second kappa shape index (κ2) is 10.4. The van der Waals surface area contributed by atoms with E-state index in [0.29, 0.717) is 0 Å². The second-order valence-electron chi connectivity index (χ2n) is 8.73. The molecule has 2 atom stereocenters. The summed E-state index contributed by atoms with van der Waals surface area (Å²) in [5.74, 6) is 1.50. The number of nitrogens with one attached hydrogen (secondary N) is 2. The molecule has 0 heterocycles. The smallest absolute Gasteiger partial charge is 0.248 e. The fourth-order valence-corrected chi connectivity index (χ4v) is 6.12. The first kappa shape index (κ1) is 25.8. The van der Waals surface area contributed by atoms with Gasteiger partial charge in [-0.05, 0) is 37.0 Å². The van der Waals surface area contributed by atoms with Crippen LogP contribution >= 0.6 is 0 Å². The Morgan fingerprint density at radius 1 is 0.963 bits per heavy atom. The van der Waals surface area contributed by atoms with Gasteiger partial charge in [0.25, 0.3) is 0 Å². The van der Waals surface area contributed by atoms with E-state index in [4.69, 9.17) is 5.84 Å². The van der Waals surface area contributed by atoms with Gasteiger partial charge in [0.2, 0.25) is 11.8 Å². The first-order valence-electron chi connectivity index (χ1n) is 9.37. The molecule has 0 aliphatic carbocycles. The molecular weight excluding hydrogens is 370 g/mol. The summed E-state index contributed by atoms with van der Waals surface area (Å²) in [6.07, 6.45) is 1.74. The fraction of sp³-hybridized carbons (Fsp3) is 0.889. The minimum atomic E-state index is -3.79. The number of carbonyl (C=O) groups is 2. The van der Waals surface area contributed by atoms with Gasteiger partial charge < -0.3 is 0 Å². The summed E-state index contributed by atoms with van der Waals surface area (Å²) in [6.45, 7) is 11.2. The Kier molecular flexibility index (Phi) is 9.92. The van der Waals surface area contributed by atoms with Crippen LogP contribution in [0, 0.1) is 29.6 Å². The van der Waals surface area contributed by atoms with Gasteiger partial charge >= 0.3 is 0 Å². The maximum atomic E-state index is 13.1. The number of sulfone groups is 1. The van der Waals surface area contributed by atoms with Crippen LogP contribution in [0.2, 0.25) is 0 Å². The van der Waals surface area contributed by atoms with Crippen LogP contribution in [0.15, 0.2) is 0 Å². The molecule has 0 aromatic heterocycles. The number of hydrazine groups is 1. The van der Waals surface area contributed by atoms with Crippen molar-refractivity contribution in [1.82, 2.24) is 10.9 Å². The molecular formula is C18H37N3O5S. The topological polar surface area (TPSA) is 139 Å². The minimum Gasteiger partial charge on any atom is -0.294 e. The van der Waals surface area contributed by atoms with E-state index >= 15 is 0 Å². The molecule has 27 heavy (non-hydrogen) atoms. The number of amides is 2. The maximum absolute atomic E-state index is 13.1. The van der Waals surface area contributed by atoms with Crippen molar-refractivity contribution in [2.45, 2.75) is 65.6 Å². The SMILES string of the molecule is CC(C)C[C@@H](C(=O)NN)[C@@H](C(=O)NO)C(CC(C)C)(CC(C)C)S(C)(=O)=O. The van der Waals surface area contributed by atoms with Gasteiger partial charge in [-0.15, -0.1) is 0 Å². The molecule has 0 aliphatic rings. The Bertz CT molecular complexity index is 592. The lowest BCUT2D eigenvalue weighted by molar-refractivity contribution is -0.143. The molecule has 0 radical (unpaired) electrons. The third-order valence-electron chi connectivity index (χ3n) is 4.81. The van der Waals surface area contributed by atoms with E-state index in [1.807, 2.05) is 41.5 Å². The van der Waals surface area contributed by atoms with Gasteiger partial charge in [0.1, 0.15) is 0 Å². The monoisotopic (exact) mass is 407 g/mol. The fourth-order valence-electron chi connectivity index (χ4n) is 4.12. The van der Waals surface area contributed by atoms with Crippen molar-refractivity contribution in [3.05, 3.63) is 0 Å². The molecule has 0 bridgehead atoms. The molecule has 0 aromatic rings. The van der Waals surface area contributed by atoms with E-state index in [-0.39, 0.29) is 37.0 Å². The highest BCUT2D eigenvalue weighted by Gasteiger charge is 2.55. The lowest BCUT2D eigenvalue weighted by atomic mass is 9.70. The highest BCUT2D eigenvalue weighted by atomic mass is 32.2. The maximum Gasteiger partial charge on any atom is 0.248 e. The lowest BCUT2D eigenvalue weighted by Crippen LogP contribution is -2.58. The molecule has 160 valence electrons. The summed E-state index contributed by atoms with van der Waals surface area (Å²) >= 11 is 0. The van der Waals surface area contributed by atoms with Gasteiger partial charge in [0.05, 0.1) is 16.6 Å². The average Bonchev–Trinajstić information content (AvgIpc) is 2.50. The van der Waals surface area contributed by atoms with E-state index in [2.05, 4.69) is 5.43 Å². The van der Waals surface area contributed by atoms with Gasteiger partial charge in [-0.3, -0.25) is 20.2 Å². The van der Waals surface area contributed by atoms with Crippen LogP contribution in [0.5, 0.6) is 0 Å². The van der Waals surface area contributed by atoms with Crippen LogP contribution in [0.4, 0.5) is 0 Å². The largest absolute Gasteiger partial charge is 0.294 e. The van der Waals surface area contributed by atoms with Crippen molar-refractivity contribution >= 4 is 21.7 Å². The number of rotatable bonds is 11. The molecule has 0 unspecified atom stereocenters. The molecule has 8 nitrogen and oxygen atoms in total. The number of hydrogen-bond donors (Lipinski definition) is 4. The highest BCUT2D eigenvalue weighted by Crippen LogP contribution is 2.44. The molecule has 0 spiro atoms. The van der Waals surface area contributed by atoms with E-state index < -0.39 is 38.2 Å². The first-order chi connectivity index (χ1) is 12.2. The van der Waals surface area contributed by atoms with Crippen LogP contribution in [0.25, 0.3) is 0 Å².